The summed E-state index contributed by atoms with van der Waals surface area (Å²) in [6, 6.07) is 2.68. The van der Waals surface area contributed by atoms with Crippen molar-refractivity contribution in [3.05, 3.63) is 17.5 Å². The molecular formula is C12H19NO4S3. The van der Waals surface area contributed by atoms with Crippen LogP contribution in [0.2, 0.25) is 0 Å². The molecule has 0 amide bonds. The average Bonchev–Trinajstić information content (AvgIpc) is 2.93. The van der Waals surface area contributed by atoms with Gasteiger partial charge in [0.2, 0.25) is 0 Å². The largest absolute Gasteiger partial charge is 0.311 e. The molecule has 1 N–H and O–H groups in total. The van der Waals surface area contributed by atoms with Gasteiger partial charge in [-0.1, -0.05) is 19.9 Å². The second-order valence-electron chi connectivity index (χ2n) is 5.50. The molecule has 0 aromatic carbocycles. The Morgan fingerprint density at radius 3 is 2.65 bits per heavy atom. The van der Waals surface area contributed by atoms with E-state index in [0.717, 1.165) is 11.3 Å². The molecule has 1 aromatic heterocycles. The minimum absolute atomic E-state index is 0.102. The van der Waals surface area contributed by atoms with Gasteiger partial charge in [0, 0.05) is 6.04 Å². The Balaban J connectivity index is 2.28. The molecule has 2 unspecified atom stereocenters. The third kappa shape index (κ3) is 3.41. The molecule has 1 fully saturated rings. The maximum Gasteiger partial charge on any atom is 0.193 e. The fraction of sp³-hybridized carbons (Fsp3) is 0.667. The smallest absolute Gasteiger partial charge is 0.193 e. The summed E-state index contributed by atoms with van der Waals surface area (Å²) >= 11 is 1.13. The summed E-state index contributed by atoms with van der Waals surface area (Å²) in [4.78, 5) is 0. The standard InChI is InChI=1S/C12H19NO4S3/c1-9(2)6-13-10-7-19(14,15)8-11(10)20(16,17)12-4-3-5-18-12/h3-5,9-11,13H,6-8H2,1-2H3. The van der Waals surface area contributed by atoms with Crippen LogP contribution in [0.5, 0.6) is 0 Å². The minimum Gasteiger partial charge on any atom is -0.311 e. The maximum absolute atomic E-state index is 12.5. The Morgan fingerprint density at radius 2 is 2.10 bits per heavy atom. The summed E-state index contributed by atoms with van der Waals surface area (Å²) in [6.45, 7) is 4.61. The van der Waals surface area contributed by atoms with Crippen LogP contribution in [0.4, 0.5) is 0 Å². The van der Waals surface area contributed by atoms with Gasteiger partial charge in [0.05, 0.1) is 16.8 Å². The summed E-state index contributed by atoms with van der Waals surface area (Å²) in [5.41, 5.74) is 0. The molecule has 0 bridgehead atoms. The van der Waals surface area contributed by atoms with Gasteiger partial charge in [0.15, 0.2) is 19.7 Å². The van der Waals surface area contributed by atoms with Crippen LogP contribution < -0.4 is 5.32 Å². The fourth-order valence-electron chi connectivity index (χ4n) is 2.27. The molecule has 2 atom stereocenters. The first kappa shape index (κ1) is 15.9. The zero-order valence-electron chi connectivity index (χ0n) is 11.4. The molecule has 1 aromatic rings. The Labute approximate surface area is 124 Å². The molecule has 2 rings (SSSR count). The SMILES string of the molecule is CC(C)CNC1CS(=O)(=O)CC1S(=O)(=O)c1cccs1. The molecule has 1 saturated heterocycles. The van der Waals surface area contributed by atoms with E-state index in [-0.39, 0.29) is 15.7 Å². The van der Waals surface area contributed by atoms with Crippen LogP contribution in [0.3, 0.4) is 0 Å². The van der Waals surface area contributed by atoms with Gasteiger partial charge in [0.25, 0.3) is 0 Å². The van der Waals surface area contributed by atoms with Gasteiger partial charge in [-0.15, -0.1) is 11.3 Å². The van der Waals surface area contributed by atoms with Gasteiger partial charge in [0.1, 0.15) is 4.21 Å². The van der Waals surface area contributed by atoms with Crippen molar-refractivity contribution in [2.75, 3.05) is 18.1 Å². The Hall–Kier alpha value is -0.440. The van der Waals surface area contributed by atoms with Crippen LogP contribution in [0.25, 0.3) is 0 Å². The molecule has 0 aliphatic carbocycles. The van der Waals surface area contributed by atoms with Gasteiger partial charge in [-0.25, -0.2) is 16.8 Å². The van der Waals surface area contributed by atoms with E-state index >= 15 is 0 Å². The van der Waals surface area contributed by atoms with E-state index in [0.29, 0.717) is 12.5 Å². The van der Waals surface area contributed by atoms with Crippen molar-refractivity contribution in [3.63, 3.8) is 0 Å². The molecule has 0 spiro atoms. The monoisotopic (exact) mass is 337 g/mol. The third-order valence-corrected chi connectivity index (χ3v) is 8.84. The van der Waals surface area contributed by atoms with E-state index in [9.17, 15) is 16.8 Å². The lowest BCUT2D eigenvalue weighted by molar-refractivity contribution is 0.480. The van der Waals surface area contributed by atoms with Gasteiger partial charge >= 0.3 is 0 Å². The van der Waals surface area contributed by atoms with Crippen LogP contribution >= 0.6 is 11.3 Å². The Kier molecular flexibility index (Phi) is 4.58. The number of nitrogens with one attached hydrogen (secondary N) is 1. The molecule has 0 saturated carbocycles. The third-order valence-electron chi connectivity index (χ3n) is 3.26. The van der Waals surface area contributed by atoms with Crippen molar-refractivity contribution in [2.45, 2.75) is 29.3 Å². The Morgan fingerprint density at radius 1 is 1.40 bits per heavy atom. The lowest BCUT2D eigenvalue weighted by Gasteiger charge is -2.20. The zero-order valence-corrected chi connectivity index (χ0v) is 13.9. The molecule has 114 valence electrons. The van der Waals surface area contributed by atoms with Gasteiger partial charge in [-0.3, -0.25) is 0 Å². The molecule has 5 nitrogen and oxygen atoms in total. The van der Waals surface area contributed by atoms with Crippen molar-refractivity contribution in [1.82, 2.24) is 5.32 Å². The van der Waals surface area contributed by atoms with E-state index < -0.39 is 31.0 Å². The molecular weight excluding hydrogens is 318 g/mol. The first-order valence-electron chi connectivity index (χ1n) is 6.43. The lowest BCUT2D eigenvalue weighted by atomic mass is 10.2. The van der Waals surface area contributed by atoms with Crippen LogP contribution in [-0.2, 0) is 19.7 Å². The molecule has 2 heterocycles. The number of sulfone groups is 2. The highest BCUT2D eigenvalue weighted by atomic mass is 32.2. The van der Waals surface area contributed by atoms with E-state index in [1.54, 1.807) is 11.4 Å². The van der Waals surface area contributed by atoms with Crippen LogP contribution in [0, 0.1) is 5.92 Å². The molecule has 8 heteroatoms. The first-order chi connectivity index (χ1) is 9.22. The number of hydrogen-bond acceptors (Lipinski definition) is 6. The molecule has 20 heavy (non-hydrogen) atoms. The van der Waals surface area contributed by atoms with Crippen molar-refractivity contribution >= 4 is 31.0 Å². The summed E-state index contributed by atoms with van der Waals surface area (Å²) in [6.07, 6.45) is 0. The molecule has 1 aliphatic rings. The predicted octanol–water partition coefficient (Wildman–Crippen LogP) is 0.933. The highest BCUT2D eigenvalue weighted by Crippen LogP contribution is 2.28. The quantitative estimate of drug-likeness (QED) is 0.865. The van der Waals surface area contributed by atoms with E-state index in [4.69, 9.17) is 0 Å². The second-order valence-corrected chi connectivity index (χ2v) is 11.0. The van der Waals surface area contributed by atoms with Crippen LogP contribution in [-0.4, -0.2) is 46.2 Å². The predicted molar refractivity (Wildman–Crippen MR) is 80.6 cm³/mol. The van der Waals surface area contributed by atoms with Gasteiger partial charge in [-0.05, 0) is 23.9 Å². The highest BCUT2D eigenvalue weighted by molar-refractivity contribution is 7.97. The number of rotatable bonds is 5. The van der Waals surface area contributed by atoms with E-state index in [1.807, 2.05) is 13.8 Å². The van der Waals surface area contributed by atoms with Gasteiger partial charge < -0.3 is 5.32 Å². The molecule has 1 aliphatic heterocycles. The normalized spacial score (nSPS) is 26.1. The van der Waals surface area contributed by atoms with E-state index in [1.165, 1.54) is 6.07 Å². The summed E-state index contributed by atoms with van der Waals surface area (Å²) in [7, 11) is -6.89. The van der Waals surface area contributed by atoms with E-state index in [2.05, 4.69) is 5.32 Å². The topological polar surface area (TPSA) is 80.3 Å². The summed E-state index contributed by atoms with van der Waals surface area (Å²) in [5.74, 6) is -0.0544. The van der Waals surface area contributed by atoms with Crippen molar-refractivity contribution < 1.29 is 16.8 Å². The van der Waals surface area contributed by atoms with Crippen molar-refractivity contribution in [3.8, 4) is 0 Å². The van der Waals surface area contributed by atoms with Crippen molar-refractivity contribution in [2.24, 2.45) is 5.92 Å². The number of thiophene rings is 1. The number of hydrogen-bond donors (Lipinski definition) is 1. The van der Waals surface area contributed by atoms with Crippen LogP contribution in [0.1, 0.15) is 13.8 Å². The maximum atomic E-state index is 12.5. The molecule has 0 radical (unpaired) electrons. The minimum atomic E-state index is -3.59. The highest BCUT2D eigenvalue weighted by Gasteiger charge is 2.45. The Bertz CT molecular complexity index is 647. The second kappa shape index (κ2) is 5.75. The fourth-order valence-corrected chi connectivity index (χ4v) is 8.21. The summed E-state index contributed by atoms with van der Waals surface area (Å²) in [5, 5.41) is 3.90. The summed E-state index contributed by atoms with van der Waals surface area (Å²) < 4.78 is 49.0. The first-order valence-corrected chi connectivity index (χ1v) is 10.7. The zero-order chi connectivity index (χ0) is 15.0. The lowest BCUT2D eigenvalue weighted by Crippen LogP contribution is -2.44. The van der Waals surface area contributed by atoms with Gasteiger partial charge in [-0.2, -0.15) is 0 Å². The average molecular weight is 337 g/mol. The van der Waals surface area contributed by atoms with Crippen LogP contribution in [0.15, 0.2) is 21.7 Å². The van der Waals surface area contributed by atoms with Crippen molar-refractivity contribution in [1.29, 1.82) is 0 Å².